The molecule has 0 amide bonds. The van der Waals surface area contributed by atoms with Crippen molar-refractivity contribution in [1.82, 2.24) is 4.90 Å². The van der Waals surface area contributed by atoms with Crippen molar-refractivity contribution in [1.29, 1.82) is 0 Å². The summed E-state index contributed by atoms with van der Waals surface area (Å²) >= 11 is 0. The minimum atomic E-state index is -0.220. The van der Waals surface area contributed by atoms with Gasteiger partial charge >= 0.3 is 0 Å². The number of aliphatic hydroxyl groups excluding tert-OH is 1. The van der Waals surface area contributed by atoms with Gasteiger partial charge in [0.05, 0.1) is 6.10 Å². The van der Waals surface area contributed by atoms with Crippen molar-refractivity contribution in [2.24, 2.45) is 0 Å². The number of hydrogen-bond acceptors (Lipinski definition) is 3. The normalized spacial score (nSPS) is 29.7. The molecule has 1 aromatic carbocycles. The van der Waals surface area contributed by atoms with Crippen molar-refractivity contribution in [3.05, 3.63) is 35.4 Å². The minimum absolute atomic E-state index is 0.195. The second-order valence-corrected chi connectivity index (χ2v) is 4.67. The molecule has 0 radical (unpaired) electrons. The van der Waals surface area contributed by atoms with Crippen LogP contribution in [0.1, 0.15) is 34.8 Å². The molecule has 16 heavy (non-hydrogen) atoms. The van der Waals surface area contributed by atoms with Crippen LogP contribution >= 0.6 is 0 Å². The molecule has 2 atom stereocenters. The first-order valence-electron chi connectivity index (χ1n) is 5.80. The molecule has 2 aliphatic rings. The van der Waals surface area contributed by atoms with Crippen LogP contribution in [-0.2, 0) is 0 Å². The topological polar surface area (TPSA) is 40.5 Å². The van der Waals surface area contributed by atoms with Gasteiger partial charge in [-0.05, 0) is 12.0 Å². The quantitative estimate of drug-likeness (QED) is 0.772. The van der Waals surface area contributed by atoms with Gasteiger partial charge in [-0.2, -0.15) is 0 Å². The van der Waals surface area contributed by atoms with Gasteiger partial charge in [0.2, 0.25) is 0 Å². The van der Waals surface area contributed by atoms with E-state index < -0.39 is 0 Å². The lowest BCUT2D eigenvalue weighted by Gasteiger charge is -2.23. The lowest BCUT2D eigenvalue weighted by Crippen LogP contribution is -2.26. The first kappa shape index (κ1) is 10.00. The number of aliphatic hydroxyl groups is 1. The average Bonchev–Trinajstić information content (AvgIpc) is 2.84. The second kappa shape index (κ2) is 3.68. The van der Waals surface area contributed by atoms with Crippen LogP contribution in [-0.4, -0.2) is 35.0 Å². The van der Waals surface area contributed by atoms with Crippen LogP contribution in [0.2, 0.25) is 0 Å². The fourth-order valence-electron chi connectivity index (χ4n) is 2.81. The Morgan fingerprint density at radius 1 is 1.31 bits per heavy atom. The van der Waals surface area contributed by atoms with Gasteiger partial charge in [-0.25, -0.2) is 0 Å². The Hall–Kier alpha value is -1.19. The van der Waals surface area contributed by atoms with Crippen molar-refractivity contribution in [3.63, 3.8) is 0 Å². The standard InChI is InChI=1S/C13H15NO2/c15-9-5-6-14(8-9)12-7-13(16)11-4-2-1-3-10(11)12/h1-4,9,12,15H,5-8H2. The van der Waals surface area contributed by atoms with E-state index in [1.165, 1.54) is 0 Å². The number of β-amino-alcohol motifs (C(OH)–C–C–N with tert-alkyl or cyclic N) is 1. The highest BCUT2D eigenvalue weighted by molar-refractivity contribution is 6.01. The Kier molecular flexibility index (Phi) is 2.30. The smallest absolute Gasteiger partial charge is 0.165 e. The van der Waals surface area contributed by atoms with E-state index in [0.29, 0.717) is 13.0 Å². The largest absolute Gasteiger partial charge is 0.392 e. The van der Waals surface area contributed by atoms with Crippen molar-refractivity contribution >= 4 is 5.78 Å². The summed E-state index contributed by atoms with van der Waals surface area (Å²) in [5, 5.41) is 9.55. The molecule has 2 unspecified atom stereocenters. The maximum Gasteiger partial charge on any atom is 0.165 e. The van der Waals surface area contributed by atoms with Gasteiger partial charge in [0.25, 0.3) is 0 Å². The van der Waals surface area contributed by atoms with Crippen LogP contribution < -0.4 is 0 Å². The Balaban J connectivity index is 1.92. The number of rotatable bonds is 1. The zero-order valence-electron chi connectivity index (χ0n) is 9.10. The first-order valence-corrected chi connectivity index (χ1v) is 5.80. The van der Waals surface area contributed by atoms with Gasteiger partial charge in [-0.1, -0.05) is 24.3 Å². The third-order valence-electron chi connectivity index (χ3n) is 3.63. The third-order valence-corrected chi connectivity index (χ3v) is 3.63. The van der Waals surface area contributed by atoms with E-state index in [2.05, 4.69) is 4.90 Å². The van der Waals surface area contributed by atoms with Crippen molar-refractivity contribution in [3.8, 4) is 0 Å². The molecule has 0 spiro atoms. The highest BCUT2D eigenvalue weighted by Gasteiger charge is 2.35. The molecule has 1 aromatic rings. The molecule has 3 rings (SSSR count). The minimum Gasteiger partial charge on any atom is -0.392 e. The highest BCUT2D eigenvalue weighted by atomic mass is 16.3. The van der Waals surface area contributed by atoms with Crippen molar-refractivity contribution < 1.29 is 9.90 Å². The van der Waals surface area contributed by atoms with Crippen molar-refractivity contribution in [2.45, 2.75) is 25.0 Å². The SMILES string of the molecule is O=C1CC(N2CCC(O)C2)c2ccccc21. The van der Waals surface area contributed by atoms with Crippen LogP contribution in [0.5, 0.6) is 0 Å². The van der Waals surface area contributed by atoms with Gasteiger partial charge in [-0.15, -0.1) is 0 Å². The molecule has 84 valence electrons. The van der Waals surface area contributed by atoms with Crippen molar-refractivity contribution in [2.75, 3.05) is 13.1 Å². The summed E-state index contributed by atoms with van der Waals surface area (Å²) in [7, 11) is 0. The van der Waals surface area contributed by atoms with E-state index in [1.54, 1.807) is 0 Å². The number of fused-ring (bicyclic) bond motifs is 1. The molecule has 0 bridgehead atoms. The molecule has 3 nitrogen and oxygen atoms in total. The van der Waals surface area contributed by atoms with Crippen LogP contribution in [0, 0.1) is 0 Å². The number of likely N-dealkylation sites (tertiary alicyclic amines) is 1. The van der Waals surface area contributed by atoms with Crippen LogP contribution in [0.25, 0.3) is 0 Å². The molecular weight excluding hydrogens is 202 g/mol. The number of nitrogens with zero attached hydrogens (tertiary/aromatic N) is 1. The molecule has 1 aliphatic carbocycles. The summed E-state index contributed by atoms with van der Waals surface area (Å²) < 4.78 is 0. The number of carbonyl (C=O) groups excluding carboxylic acids is 1. The van der Waals surface area contributed by atoms with E-state index in [-0.39, 0.29) is 17.9 Å². The summed E-state index contributed by atoms with van der Waals surface area (Å²) in [6.45, 7) is 1.60. The zero-order chi connectivity index (χ0) is 11.1. The van der Waals surface area contributed by atoms with Gasteiger partial charge in [0.1, 0.15) is 0 Å². The Morgan fingerprint density at radius 3 is 2.88 bits per heavy atom. The Labute approximate surface area is 94.7 Å². The molecule has 3 heteroatoms. The Morgan fingerprint density at radius 2 is 2.12 bits per heavy atom. The molecule has 1 saturated heterocycles. The maximum atomic E-state index is 11.8. The predicted octanol–water partition coefficient (Wildman–Crippen LogP) is 1.38. The van der Waals surface area contributed by atoms with E-state index >= 15 is 0 Å². The molecule has 1 N–H and O–H groups in total. The predicted molar refractivity (Wildman–Crippen MR) is 60.3 cm³/mol. The molecule has 1 aliphatic heterocycles. The maximum absolute atomic E-state index is 11.8. The van der Waals surface area contributed by atoms with Gasteiger partial charge < -0.3 is 5.11 Å². The first-order chi connectivity index (χ1) is 7.75. The van der Waals surface area contributed by atoms with E-state index in [1.807, 2.05) is 24.3 Å². The zero-order valence-corrected chi connectivity index (χ0v) is 9.10. The van der Waals surface area contributed by atoms with E-state index in [0.717, 1.165) is 24.1 Å². The van der Waals surface area contributed by atoms with Crippen LogP contribution in [0.3, 0.4) is 0 Å². The monoisotopic (exact) mass is 217 g/mol. The number of Topliss-reactive ketones (excluding diaryl/α,β-unsaturated/α-hetero) is 1. The van der Waals surface area contributed by atoms with E-state index in [9.17, 15) is 9.90 Å². The summed E-state index contributed by atoms with van der Waals surface area (Å²) in [6, 6.07) is 8.04. The van der Waals surface area contributed by atoms with Crippen LogP contribution in [0.15, 0.2) is 24.3 Å². The highest BCUT2D eigenvalue weighted by Crippen LogP contribution is 2.37. The Bertz CT molecular complexity index is 430. The summed E-state index contributed by atoms with van der Waals surface area (Å²) in [4.78, 5) is 14.1. The average molecular weight is 217 g/mol. The lowest BCUT2D eigenvalue weighted by atomic mass is 10.1. The van der Waals surface area contributed by atoms with Gasteiger partial charge in [0, 0.05) is 31.1 Å². The van der Waals surface area contributed by atoms with Crippen LogP contribution in [0.4, 0.5) is 0 Å². The van der Waals surface area contributed by atoms with Gasteiger partial charge in [0.15, 0.2) is 5.78 Å². The lowest BCUT2D eigenvalue weighted by molar-refractivity contribution is 0.0953. The summed E-state index contributed by atoms with van der Waals surface area (Å²) in [5.41, 5.74) is 2.01. The third kappa shape index (κ3) is 1.47. The fraction of sp³-hybridized carbons (Fsp3) is 0.462. The number of hydrogen-bond donors (Lipinski definition) is 1. The number of benzene rings is 1. The second-order valence-electron chi connectivity index (χ2n) is 4.67. The molecule has 1 fully saturated rings. The summed E-state index contributed by atoms with van der Waals surface area (Å²) in [6.07, 6.45) is 1.18. The fourth-order valence-corrected chi connectivity index (χ4v) is 2.81. The number of ketones is 1. The molecule has 0 aromatic heterocycles. The number of carbonyl (C=O) groups is 1. The molecular formula is C13H15NO2. The van der Waals surface area contributed by atoms with E-state index in [4.69, 9.17) is 0 Å². The summed E-state index contributed by atoms with van der Waals surface area (Å²) in [5.74, 6) is 0.238. The molecule has 1 heterocycles. The molecule has 0 saturated carbocycles. The van der Waals surface area contributed by atoms with Gasteiger partial charge in [-0.3, -0.25) is 9.69 Å².